The summed E-state index contributed by atoms with van der Waals surface area (Å²) in [5, 5.41) is 9.11. The molecule has 0 aromatic heterocycles. The van der Waals surface area contributed by atoms with Crippen LogP contribution in [-0.4, -0.2) is 11.2 Å². The Bertz CT molecular complexity index is 356. The molecule has 90 valence electrons. The lowest BCUT2D eigenvalue weighted by molar-refractivity contribution is -0.137. The van der Waals surface area contributed by atoms with Crippen LogP contribution in [0.1, 0.15) is 30.0 Å². The quantitative estimate of drug-likeness (QED) is 0.847. The first kappa shape index (κ1) is 13.0. The Morgan fingerprint density at radius 3 is 2.38 bits per heavy atom. The monoisotopic (exact) mass is 232 g/mol. The fourth-order valence-corrected chi connectivity index (χ4v) is 1.52. The van der Waals surface area contributed by atoms with Crippen LogP contribution in [0.4, 0.5) is 13.2 Å². The van der Waals surface area contributed by atoms with Crippen LogP contribution in [0.25, 0.3) is 0 Å². The SMILES string of the molecule is Cc1cc(C(F)(F)F)ccc1CC[C@@H](C)O. The highest BCUT2D eigenvalue weighted by molar-refractivity contribution is 5.32. The van der Waals surface area contributed by atoms with Gasteiger partial charge in [-0.25, -0.2) is 0 Å². The summed E-state index contributed by atoms with van der Waals surface area (Å²) >= 11 is 0. The van der Waals surface area contributed by atoms with Gasteiger partial charge in [-0.15, -0.1) is 0 Å². The maximum absolute atomic E-state index is 12.4. The van der Waals surface area contributed by atoms with E-state index in [0.717, 1.165) is 17.7 Å². The Morgan fingerprint density at radius 1 is 1.31 bits per heavy atom. The van der Waals surface area contributed by atoms with Crippen molar-refractivity contribution in [3.05, 3.63) is 34.9 Å². The van der Waals surface area contributed by atoms with E-state index < -0.39 is 17.8 Å². The van der Waals surface area contributed by atoms with Crippen molar-refractivity contribution < 1.29 is 18.3 Å². The lowest BCUT2D eigenvalue weighted by Gasteiger charge is -2.11. The third-order valence-corrected chi connectivity index (χ3v) is 2.50. The van der Waals surface area contributed by atoms with E-state index in [1.54, 1.807) is 13.8 Å². The molecule has 0 fully saturated rings. The molecule has 0 unspecified atom stereocenters. The number of hydrogen-bond donors (Lipinski definition) is 1. The molecule has 1 aromatic rings. The van der Waals surface area contributed by atoms with E-state index in [2.05, 4.69) is 0 Å². The molecule has 0 amide bonds. The number of aliphatic hydroxyl groups is 1. The molecule has 1 N–H and O–H groups in total. The van der Waals surface area contributed by atoms with E-state index in [1.807, 2.05) is 0 Å². The number of rotatable bonds is 3. The van der Waals surface area contributed by atoms with E-state index in [9.17, 15) is 13.2 Å². The summed E-state index contributed by atoms with van der Waals surface area (Å²) in [7, 11) is 0. The van der Waals surface area contributed by atoms with Crippen molar-refractivity contribution in [1.82, 2.24) is 0 Å². The predicted molar refractivity (Wildman–Crippen MR) is 56.2 cm³/mol. The molecule has 16 heavy (non-hydrogen) atoms. The molecule has 0 radical (unpaired) electrons. The second-order valence-electron chi connectivity index (χ2n) is 4.03. The summed E-state index contributed by atoms with van der Waals surface area (Å²) in [6.07, 6.45) is -3.55. The molecular formula is C12H15F3O. The molecule has 4 heteroatoms. The van der Waals surface area contributed by atoms with Gasteiger partial charge in [-0.3, -0.25) is 0 Å². The number of halogens is 3. The van der Waals surface area contributed by atoms with Crippen LogP contribution in [0.2, 0.25) is 0 Å². The molecule has 0 saturated carbocycles. The zero-order valence-corrected chi connectivity index (χ0v) is 9.30. The number of aryl methyl sites for hydroxylation is 2. The normalized spacial score (nSPS) is 13.9. The smallest absolute Gasteiger partial charge is 0.393 e. The van der Waals surface area contributed by atoms with Crippen molar-refractivity contribution in [1.29, 1.82) is 0 Å². The first-order valence-electron chi connectivity index (χ1n) is 5.15. The molecule has 0 bridgehead atoms. The van der Waals surface area contributed by atoms with Gasteiger partial charge in [0.15, 0.2) is 0 Å². The summed E-state index contributed by atoms with van der Waals surface area (Å²) in [4.78, 5) is 0. The molecule has 0 spiro atoms. The first-order chi connectivity index (χ1) is 7.30. The lowest BCUT2D eigenvalue weighted by Crippen LogP contribution is -2.07. The second kappa shape index (κ2) is 4.87. The number of aliphatic hydroxyl groups excluding tert-OH is 1. The average Bonchev–Trinajstić information content (AvgIpc) is 2.14. The summed E-state index contributed by atoms with van der Waals surface area (Å²) in [5.74, 6) is 0. The minimum Gasteiger partial charge on any atom is -0.393 e. The van der Waals surface area contributed by atoms with Crippen LogP contribution in [0, 0.1) is 6.92 Å². The van der Waals surface area contributed by atoms with E-state index in [-0.39, 0.29) is 0 Å². The summed E-state index contributed by atoms with van der Waals surface area (Å²) in [6.45, 7) is 3.33. The van der Waals surface area contributed by atoms with E-state index in [0.29, 0.717) is 18.4 Å². The van der Waals surface area contributed by atoms with Crippen molar-refractivity contribution in [3.8, 4) is 0 Å². The predicted octanol–water partition coefficient (Wildman–Crippen LogP) is 3.33. The second-order valence-corrected chi connectivity index (χ2v) is 4.03. The Balaban J connectivity index is 2.84. The molecule has 0 aliphatic carbocycles. The molecule has 0 heterocycles. The number of hydrogen-bond acceptors (Lipinski definition) is 1. The van der Waals surface area contributed by atoms with Gasteiger partial charge in [0.25, 0.3) is 0 Å². The number of benzene rings is 1. The van der Waals surface area contributed by atoms with Gasteiger partial charge in [0, 0.05) is 0 Å². The molecular weight excluding hydrogens is 217 g/mol. The van der Waals surface area contributed by atoms with Gasteiger partial charge < -0.3 is 5.11 Å². The van der Waals surface area contributed by atoms with Crippen molar-refractivity contribution in [2.75, 3.05) is 0 Å². The molecule has 1 aromatic carbocycles. The van der Waals surface area contributed by atoms with Crippen LogP contribution in [0.5, 0.6) is 0 Å². The van der Waals surface area contributed by atoms with Gasteiger partial charge >= 0.3 is 6.18 Å². The van der Waals surface area contributed by atoms with Gasteiger partial charge in [0.1, 0.15) is 0 Å². The molecule has 0 saturated heterocycles. The summed E-state index contributed by atoms with van der Waals surface area (Å²) < 4.78 is 37.1. The first-order valence-corrected chi connectivity index (χ1v) is 5.15. The minimum absolute atomic E-state index is 0.429. The Morgan fingerprint density at radius 2 is 1.94 bits per heavy atom. The maximum atomic E-state index is 12.4. The fraction of sp³-hybridized carbons (Fsp3) is 0.500. The molecule has 1 rings (SSSR count). The van der Waals surface area contributed by atoms with Crippen molar-refractivity contribution in [3.63, 3.8) is 0 Å². The molecule has 0 aliphatic rings. The van der Waals surface area contributed by atoms with Crippen LogP contribution < -0.4 is 0 Å². The van der Waals surface area contributed by atoms with Crippen molar-refractivity contribution in [2.24, 2.45) is 0 Å². The van der Waals surface area contributed by atoms with Gasteiger partial charge in [0.05, 0.1) is 11.7 Å². The maximum Gasteiger partial charge on any atom is 0.416 e. The third-order valence-electron chi connectivity index (χ3n) is 2.50. The van der Waals surface area contributed by atoms with E-state index in [1.165, 1.54) is 6.07 Å². The van der Waals surface area contributed by atoms with E-state index in [4.69, 9.17) is 5.11 Å². The van der Waals surface area contributed by atoms with E-state index >= 15 is 0 Å². The highest BCUT2D eigenvalue weighted by Gasteiger charge is 2.30. The Labute approximate surface area is 92.9 Å². The summed E-state index contributed by atoms with van der Waals surface area (Å²) in [6, 6.07) is 3.72. The zero-order chi connectivity index (χ0) is 12.3. The van der Waals surface area contributed by atoms with Crippen LogP contribution in [-0.2, 0) is 12.6 Å². The van der Waals surface area contributed by atoms with Crippen LogP contribution in [0.3, 0.4) is 0 Å². The zero-order valence-electron chi connectivity index (χ0n) is 9.30. The molecule has 0 aliphatic heterocycles. The van der Waals surface area contributed by atoms with Crippen LogP contribution >= 0.6 is 0 Å². The van der Waals surface area contributed by atoms with Crippen molar-refractivity contribution in [2.45, 2.75) is 39.0 Å². The standard InChI is InChI=1S/C12H15F3O/c1-8-7-11(12(13,14)15)6-5-10(8)4-3-9(2)16/h5-7,9,16H,3-4H2,1-2H3/t9-/m1/s1. The van der Waals surface area contributed by atoms with Gasteiger partial charge in [-0.2, -0.15) is 13.2 Å². The van der Waals surface area contributed by atoms with Crippen molar-refractivity contribution >= 4 is 0 Å². The average molecular weight is 232 g/mol. The molecule has 1 nitrogen and oxygen atoms in total. The third kappa shape index (κ3) is 3.52. The Hall–Kier alpha value is -1.03. The highest BCUT2D eigenvalue weighted by Crippen LogP contribution is 2.30. The summed E-state index contributed by atoms with van der Waals surface area (Å²) in [5.41, 5.74) is 0.857. The lowest BCUT2D eigenvalue weighted by atomic mass is 10.00. The highest BCUT2D eigenvalue weighted by atomic mass is 19.4. The topological polar surface area (TPSA) is 20.2 Å². The largest absolute Gasteiger partial charge is 0.416 e. The minimum atomic E-state index is -4.28. The van der Waals surface area contributed by atoms with Gasteiger partial charge in [0.2, 0.25) is 0 Å². The Kier molecular flexibility index (Phi) is 3.97. The van der Waals surface area contributed by atoms with Gasteiger partial charge in [-0.1, -0.05) is 6.07 Å². The van der Waals surface area contributed by atoms with Gasteiger partial charge in [-0.05, 0) is 49.9 Å². The number of alkyl halides is 3. The van der Waals surface area contributed by atoms with Crippen LogP contribution in [0.15, 0.2) is 18.2 Å². The molecule has 1 atom stereocenters. The fourth-order valence-electron chi connectivity index (χ4n) is 1.52.